The van der Waals surface area contributed by atoms with Crippen molar-refractivity contribution in [1.29, 1.82) is 0 Å². The van der Waals surface area contributed by atoms with Crippen LogP contribution >= 0.6 is 0 Å². The first-order valence-electron chi connectivity index (χ1n) is 11.6. The number of rotatable bonds is 4. The molecule has 1 N–H and O–H groups in total. The molecule has 1 fully saturated rings. The van der Waals surface area contributed by atoms with Crippen LogP contribution in [0.15, 0.2) is 46.0 Å². The minimum Gasteiger partial charge on any atom is -0.321 e. The average molecular weight is 444 g/mol. The highest BCUT2D eigenvalue weighted by Gasteiger charge is 2.25. The van der Waals surface area contributed by atoms with Gasteiger partial charge in [0.25, 0.3) is 5.56 Å². The van der Waals surface area contributed by atoms with Gasteiger partial charge in [0, 0.05) is 19.1 Å². The molecule has 0 bridgehead atoms. The topological polar surface area (TPSA) is 83.9 Å². The number of benzene rings is 2. The molecule has 1 atom stereocenters. The minimum absolute atomic E-state index is 0.207. The molecule has 3 aliphatic heterocycles. The molecule has 5 rings (SSSR count). The Labute approximate surface area is 192 Å². The predicted octanol–water partition coefficient (Wildman–Crippen LogP) is 3.74. The molecule has 1 unspecified atom stereocenters. The van der Waals surface area contributed by atoms with Gasteiger partial charge in [-0.15, -0.1) is 0 Å². The lowest BCUT2D eigenvalue weighted by atomic mass is 9.94. The summed E-state index contributed by atoms with van der Waals surface area (Å²) >= 11 is 0. The van der Waals surface area contributed by atoms with Gasteiger partial charge in [0.1, 0.15) is 0 Å². The van der Waals surface area contributed by atoms with E-state index in [1.165, 1.54) is 24.0 Å². The van der Waals surface area contributed by atoms with Crippen molar-refractivity contribution in [2.75, 3.05) is 13.1 Å². The molecular weight excluding hydrogens is 414 g/mol. The van der Waals surface area contributed by atoms with Crippen LogP contribution in [0.25, 0.3) is 22.6 Å². The van der Waals surface area contributed by atoms with E-state index in [0.717, 1.165) is 41.7 Å². The molecule has 33 heavy (non-hydrogen) atoms. The SMILES string of the molecule is Cc1ccc(C2CCCCN2CCn2c3nc(=O)[nH]c(=O)c-3nc3cc(C)c(C)cc32)cc1. The standard InChI is InChI=1S/C26H29N5O2/c1-16-7-9-19(10-8-16)21-6-4-5-11-30(21)12-13-31-22-15-18(3)17(2)14-20(22)27-23-24(31)28-26(33)29-25(23)32/h7-10,14-15,21H,4-6,11-13H2,1-3H3,(H,29,32,33). The Morgan fingerprint density at radius 2 is 1.73 bits per heavy atom. The Bertz CT molecular complexity index is 1400. The molecule has 0 aromatic heterocycles. The largest absolute Gasteiger partial charge is 0.349 e. The van der Waals surface area contributed by atoms with Gasteiger partial charge < -0.3 is 4.57 Å². The first-order valence-corrected chi connectivity index (χ1v) is 11.6. The summed E-state index contributed by atoms with van der Waals surface area (Å²) in [4.78, 5) is 38.1. The van der Waals surface area contributed by atoms with Crippen LogP contribution in [-0.4, -0.2) is 37.5 Å². The highest BCUT2D eigenvalue weighted by Crippen LogP contribution is 2.31. The van der Waals surface area contributed by atoms with Crippen molar-refractivity contribution >= 4 is 11.0 Å². The number of H-pyrrole nitrogens is 1. The molecule has 3 heterocycles. The Hall–Kier alpha value is -3.32. The molecule has 2 aromatic rings. The molecule has 2 aromatic carbocycles. The van der Waals surface area contributed by atoms with Crippen molar-refractivity contribution in [3.63, 3.8) is 0 Å². The lowest BCUT2D eigenvalue weighted by Crippen LogP contribution is -2.36. The van der Waals surface area contributed by atoms with Crippen LogP contribution in [0.5, 0.6) is 0 Å². The van der Waals surface area contributed by atoms with Gasteiger partial charge in [-0.05, 0) is 69.0 Å². The number of hydrogen-bond acceptors (Lipinski definition) is 5. The number of aromatic nitrogens is 4. The maximum absolute atomic E-state index is 12.5. The van der Waals surface area contributed by atoms with E-state index in [4.69, 9.17) is 0 Å². The third kappa shape index (κ3) is 4.09. The number of aryl methyl sites for hydroxylation is 3. The van der Waals surface area contributed by atoms with Crippen LogP contribution in [0.4, 0.5) is 0 Å². The fraction of sp³-hybridized carbons (Fsp3) is 0.385. The Morgan fingerprint density at radius 1 is 0.970 bits per heavy atom. The minimum atomic E-state index is -0.637. The second-order valence-corrected chi connectivity index (χ2v) is 9.19. The highest BCUT2D eigenvalue weighted by molar-refractivity contribution is 5.81. The average Bonchev–Trinajstić information content (AvgIpc) is 2.79. The van der Waals surface area contributed by atoms with Gasteiger partial charge in [-0.2, -0.15) is 4.98 Å². The van der Waals surface area contributed by atoms with Gasteiger partial charge in [0.2, 0.25) is 0 Å². The smallest absolute Gasteiger partial charge is 0.321 e. The van der Waals surface area contributed by atoms with Gasteiger partial charge in [-0.3, -0.25) is 14.7 Å². The van der Waals surface area contributed by atoms with Gasteiger partial charge >= 0.3 is 5.69 Å². The molecule has 7 nitrogen and oxygen atoms in total. The number of likely N-dealkylation sites (tertiary alicyclic amines) is 1. The summed E-state index contributed by atoms with van der Waals surface area (Å²) in [6, 6.07) is 13.3. The van der Waals surface area contributed by atoms with Crippen LogP contribution in [0.2, 0.25) is 0 Å². The lowest BCUT2D eigenvalue weighted by Gasteiger charge is -2.36. The van der Waals surface area contributed by atoms with Gasteiger partial charge in [-0.25, -0.2) is 9.78 Å². The Balaban J connectivity index is 1.57. The van der Waals surface area contributed by atoms with E-state index in [9.17, 15) is 9.59 Å². The second kappa shape index (κ2) is 8.56. The van der Waals surface area contributed by atoms with Crippen LogP contribution in [0.1, 0.15) is 47.6 Å². The number of fused-ring (bicyclic) bond motifs is 2. The van der Waals surface area contributed by atoms with E-state index in [-0.39, 0.29) is 5.69 Å². The Morgan fingerprint density at radius 3 is 2.52 bits per heavy atom. The third-order valence-corrected chi connectivity index (χ3v) is 6.91. The fourth-order valence-corrected chi connectivity index (χ4v) is 4.93. The maximum atomic E-state index is 12.5. The van der Waals surface area contributed by atoms with Crippen molar-refractivity contribution < 1.29 is 0 Å². The molecule has 0 saturated carbocycles. The van der Waals surface area contributed by atoms with Crippen molar-refractivity contribution in [2.24, 2.45) is 0 Å². The van der Waals surface area contributed by atoms with Crippen LogP contribution < -0.4 is 11.2 Å². The van der Waals surface area contributed by atoms with Crippen LogP contribution in [0.3, 0.4) is 0 Å². The number of hydrogen-bond donors (Lipinski definition) is 1. The summed E-state index contributed by atoms with van der Waals surface area (Å²) in [5, 5.41) is 0. The normalized spacial score (nSPS) is 17.1. The number of aromatic amines is 1. The molecule has 3 aliphatic rings. The molecule has 0 amide bonds. The summed E-state index contributed by atoms with van der Waals surface area (Å²) in [5.74, 6) is 0.350. The summed E-state index contributed by atoms with van der Waals surface area (Å²) in [6.07, 6.45) is 3.52. The molecule has 0 radical (unpaired) electrons. The van der Waals surface area contributed by atoms with E-state index in [1.807, 2.05) is 17.6 Å². The summed E-state index contributed by atoms with van der Waals surface area (Å²) in [6.45, 7) is 8.66. The van der Waals surface area contributed by atoms with Crippen LogP contribution in [0, 0.1) is 20.8 Å². The lowest BCUT2D eigenvalue weighted by molar-refractivity contribution is 0.144. The molecular formula is C26H29N5O2. The van der Waals surface area contributed by atoms with E-state index >= 15 is 0 Å². The second-order valence-electron chi connectivity index (χ2n) is 9.19. The first kappa shape index (κ1) is 21.5. The van der Waals surface area contributed by atoms with E-state index in [1.54, 1.807) is 0 Å². The number of nitrogens with one attached hydrogen (secondary N) is 1. The molecule has 0 spiro atoms. The summed E-state index contributed by atoms with van der Waals surface area (Å²) in [5.41, 5.74) is 5.58. The highest BCUT2D eigenvalue weighted by atomic mass is 16.2. The van der Waals surface area contributed by atoms with Crippen molar-refractivity contribution in [1.82, 2.24) is 24.4 Å². The Kier molecular flexibility index (Phi) is 5.58. The monoisotopic (exact) mass is 443 g/mol. The molecule has 170 valence electrons. The quantitative estimate of drug-likeness (QED) is 0.486. The zero-order valence-corrected chi connectivity index (χ0v) is 19.4. The number of nitrogens with zero attached hydrogens (tertiary/aromatic N) is 4. The predicted molar refractivity (Wildman–Crippen MR) is 130 cm³/mol. The van der Waals surface area contributed by atoms with Crippen molar-refractivity contribution in [3.05, 3.63) is 79.5 Å². The summed E-state index contributed by atoms with van der Waals surface area (Å²) in [7, 11) is 0. The summed E-state index contributed by atoms with van der Waals surface area (Å²) < 4.78 is 2.00. The van der Waals surface area contributed by atoms with Gasteiger partial charge in [0.05, 0.1) is 11.0 Å². The van der Waals surface area contributed by atoms with E-state index < -0.39 is 11.2 Å². The third-order valence-electron chi connectivity index (χ3n) is 6.91. The molecule has 0 aliphatic carbocycles. The van der Waals surface area contributed by atoms with Crippen LogP contribution in [-0.2, 0) is 6.54 Å². The molecule has 7 heteroatoms. The van der Waals surface area contributed by atoms with Crippen molar-refractivity contribution in [3.8, 4) is 11.5 Å². The first-order chi connectivity index (χ1) is 15.9. The number of piperidine rings is 1. The van der Waals surface area contributed by atoms with Crippen molar-refractivity contribution in [2.45, 2.75) is 52.6 Å². The van der Waals surface area contributed by atoms with Gasteiger partial charge in [-0.1, -0.05) is 36.2 Å². The van der Waals surface area contributed by atoms with E-state index in [0.29, 0.717) is 18.4 Å². The zero-order valence-electron chi connectivity index (χ0n) is 19.4. The van der Waals surface area contributed by atoms with E-state index in [2.05, 4.69) is 64.0 Å². The van der Waals surface area contributed by atoms with Gasteiger partial charge in [0.15, 0.2) is 11.5 Å². The molecule has 1 saturated heterocycles. The maximum Gasteiger partial charge on any atom is 0.349 e. The fourth-order valence-electron chi connectivity index (χ4n) is 4.93. The zero-order chi connectivity index (χ0) is 23.1.